The van der Waals surface area contributed by atoms with Crippen LogP contribution in [0.2, 0.25) is 5.02 Å². The van der Waals surface area contributed by atoms with Gasteiger partial charge in [0.05, 0.1) is 5.52 Å². The molecule has 23 heavy (non-hydrogen) atoms. The molecule has 0 bridgehead atoms. The minimum Gasteiger partial charge on any atom is -0.329 e. The van der Waals surface area contributed by atoms with Crippen molar-refractivity contribution in [2.24, 2.45) is 0 Å². The molecular weight excluding hydrogens is 380 g/mol. The fraction of sp³-hybridized carbons (Fsp3) is 0.0667. The van der Waals surface area contributed by atoms with Crippen molar-refractivity contribution in [2.75, 3.05) is 11.9 Å². The number of pyridine rings is 1. The van der Waals surface area contributed by atoms with E-state index in [2.05, 4.69) is 36.1 Å². The van der Waals surface area contributed by atoms with Gasteiger partial charge in [-0.1, -0.05) is 11.6 Å². The zero-order valence-electron chi connectivity index (χ0n) is 12.0. The molecule has 0 atom stereocenters. The van der Waals surface area contributed by atoms with Crippen LogP contribution >= 0.6 is 27.5 Å². The van der Waals surface area contributed by atoms with Gasteiger partial charge in [0.15, 0.2) is 0 Å². The van der Waals surface area contributed by atoms with E-state index in [0.29, 0.717) is 10.8 Å². The van der Waals surface area contributed by atoms with Crippen LogP contribution in [0.15, 0.2) is 47.5 Å². The molecule has 0 spiro atoms. The maximum atomic E-state index is 6.15. The lowest BCUT2D eigenvalue weighted by Gasteiger charge is -2.20. The summed E-state index contributed by atoms with van der Waals surface area (Å²) >= 11 is 9.55. The van der Waals surface area contributed by atoms with E-state index in [-0.39, 0.29) is 0 Å². The number of hydrogen-bond donors (Lipinski definition) is 0. The zero-order valence-corrected chi connectivity index (χ0v) is 14.3. The molecule has 3 heterocycles. The lowest BCUT2D eigenvalue weighted by atomic mass is 10.2. The second kappa shape index (κ2) is 5.43. The molecule has 0 radical (unpaired) electrons. The van der Waals surface area contributed by atoms with Crippen LogP contribution in [0.3, 0.4) is 0 Å². The summed E-state index contributed by atoms with van der Waals surface area (Å²) in [6.07, 6.45) is 3.37. The van der Waals surface area contributed by atoms with E-state index in [1.165, 1.54) is 0 Å². The Balaban J connectivity index is 2.01. The van der Waals surface area contributed by atoms with Crippen LogP contribution < -0.4 is 4.90 Å². The van der Waals surface area contributed by atoms with Crippen LogP contribution in [-0.4, -0.2) is 31.6 Å². The molecule has 0 amide bonds. The maximum absolute atomic E-state index is 6.15. The first-order chi connectivity index (χ1) is 11.1. The number of halogens is 2. The van der Waals surface area contributed by atoms with E-state index < -0.39 is 0 Å². The van der Waals surface area contributed by atoms with Crippen LogP contribution in [0.4, 0.5) is 11.5 Å². The normalized spacial score (nSPS) is 11.3. The Morgan fingerprint density at radius 1 is 1.22 bits per heavy atom. The summed E-state index contributed by atoms with van der Waals surface area (Å²) in [5.41, 5.74) is 1.86. The van der Waals surface area contributed by atoms with E-state index in [4.69, 9.17) is 11.6 Å². The number of anilines is 2. The van der Waals surface area contributed by atoms with Crippen molar-refractivity contribution >= 4 is 55.7 Å². The first-order valence-electron chi connectivity index (χ1n) is 6.78. The van der Waals surface area contributed by atoms with Crippen molar-refractivity contribution in [3.63, 3.8) is 0 Å². The maximum Gasteiger partial charge on any atom is 0.257 e. The predicted molar refractivity (Wildman–Crippen MR) is 93.3 cm³/mol. The average molecular weight is 390 g/mol. The lowest BCUT2D eigenvalue weighted by molar-refractivity contribution is 1.08. The average Bonchev–Trinajstić information content (AvgIpc) is 3.02. The molecular formula is C15H10BrClN6. The van der Waals surface area contributed by atoms with Gasteiger partial charge in [-0.05, 0) is 46.3 Å². The third-order valence-corrected chi connectivity index (χ3v) is 4.28. The molecule has 0 unspecified atom stereocenters. The van der Waals surface area contributed by atoms with Crippen molar-refractivity contribution in [1.82, 2.24) is 24.6 Å². The van der Waals surface area contributed by atoms with Gasteiger partial charge in [0.25, 0.3) is 5.78 Å². The molecule has 0 fully saturated rings. The van der Waals surface area contributed by atoms with Crippen molar-refractivity contribution in [2.45, 2.75) is 0 Å². The highest BCUT2D eigenvalue weighted by Crippen LogP contribution is 2.31. The third kappa shape index (κ3) is 2.42. The fourth-order valence-electron chi connectivity index (χ4n) is 2.50. The van der Waals surface area contributed by atoms with Crippen LogP contribution in [0.25, 0.3) is 16.7 Å². The Morgan fingerprint density at radius 3 is 2.91 bits per heavy atom. The van der Waals surface area contributed by atoms with E-state index in [9.17, 15) is 0 Å². The summed E-state index contributed by atoms with van der Waals surface area (Å²) < 4.78 is 2.58. The standard InChI is InChI=1S/C15H10BrClN6/c1-22(10-4-5-18-13(16)7-10)14-11-3-2-9(17)6-12(11)23-8-19-21-15(23)20-14/h2-8H,1H3. The van der Waals surface area contributed by atoms with Crippen molar-refractivity contribution in [1.29, 1.82) is 0 Å². The number of hydrogen-bond acceptors (Lipinski definition) is 5. The fourth-order valence-corrected chi connectivity index (χ4v) is 3.02. The Labute approximate surface area is 144 Å². The summed E-state index contributed by atoms with van der Waals surface area (Å²) in [6.45, 7) is 0. The van der Waals surface area contributed by atoms with Crippen molar-refractivity contribution in [3.8, 4) is 0 Å². The van der Waals surface area contributed by atoms with E-state index >= 15 is 0 Å². The molecule has 3 aromatic heterocycles. The number of aromatic nitrogens is 5. The first kappa shape index (κ1) is 14.3. The summed E-state index contributed by atoms with van der Waals surface area (Å²) in [4.78, 5) is 10.8. The number of nitrogens with zero attached hydrogens (tertiary/aromatic N) is 6. The lowest BCUT2D eigenvalue weighted by Crippen LogP contribution is -2.13. The predicted octanol–water partition coefficient (Wildman–Crippen LogP) is 3.86. The van der Waals surface area contributed by atoms with Gasteiger partial charge in [0, 0.05) is 29.3 Å². The number of rotatable bonds is 2. The van der Waals surface area contributed by atoms with Gasteiger partial charge in [-0.15, -0.1) is 10.2 Å². The smallest absolute Gasteiger partial charge is 0.257 e. The molecule has 0 aliphatic carbocycles. The molecule has 114 valence electrons. The Bertz CT molecular complexity index is 1030. The zero-order chi connectivity index (χ0) is 16.0. The summed E-state index contributed by atoms with van der Waals surface area (Å²) in [7, 11) is 1.95. The van der Waals surface area contributed by atoms with Gasteiger partial charge in [-0.3, -0.25) is 4.40 Å². The van der Waals surface area contributed by atoms with E-state index in [1.54, 1.807) is 12.5 Å². The number of fused-ring (bicyclic) bond motifs is 3. The highest BCUT2D eigenvalue weighted by molar-refractivity contribution is 9.10. The molecule has 0 aliphatic rings. The number of benzene rings is 1. The summed E-state index contributed by atoms with van der Waals surface area (Å²) in [5, 5.41) is 9.61. The molecule has 4 aromatic rings. The molecule has 0 saturated heterocycles. The van der Waals surface area contributed by atoms with Gasteiger partial charge in [0.1, 0.15) is 16.7 Å². The monoisotopic (exact) mass is 388 g/mol. The highest BCUT2D eigenvalue weighted by atomic mass is 79.9. The van der Waals surface area contributed by atoms with Gasteiger partial charge in [-0.2, -0.15) is 4.98 Å². The second-order valence-electron chi connectivity index (χ2n) is 4.99. The van der Waals surface area contributed by atoms with Gasteiger partial charge in [-0.25, -0.2) is 4.98 Å². The second-order valence-corrected chi connectivity index (χ2v) is 6.24. The van der Waals surface area contributed by atoms with Crippen LogP contribution in [-0.2, 0) is 0 Å². The molecule has 6 nitrogen and oxygen atoms in total. The summed E-state index contributed by atoms with van der Waals surface area (Å²) in [6, 6.07) is 9.53. The van der Waals surface area contributed by atoms with E-state index in [0.717, 1.165) is 27.0 Å². The van der Waals surface area contributed by atoms with Crippen molar-refractivity contribution < 1.29 is 0 Å². The molecule has 0 N–H and O–H groups in total. The van der Waals surface area contributed by atoms with Crippen LogP contribution in [0.1, 0.15) is 0 Å². The van der Waals surface area contributed by atoms with Gasteiger partial charge < -0.3 is 4.90 Å². The first-order valence-corrected chi connectivity index (χ1v) is 7.95. The Morgan fingerprint density at radius 2 is 2.09 bits per heavy atom. The highest BCUT2D eigenvalue weighted by Gasteiger charge is 2.15. The van der Waals surface area contributed by atoms with Gasteiger partial charge >= 0.3 is 0 Å². The van der Waals surface area contributed by atoms with Crippen molar-refractivity contribution in [3.05, 3.63) is 52.5 Å². The van der Waals surface area contributed by atoms with Gasteiger partial charge in [0.2, 0.25) is 0 Å². The van der Waals surface area contributed by atoms with Crippen LogP contribution in [0, 0.1) is 0 Å². The molecule has 4 rings (SSSR count). The SMILES string of the molecule is CN(c1ccnc(Br)c1)c1nc2nncn2c2cc(Cl)ccc12. The molecule has 1 aromatic carbocycles. The minimum atomic E-state index is 0.523. The van der Waals surface area contributed by atoms with Crippen LogP contribution in [0.5, 0.6) is 0 Å². The molecule has 0 saturated carbocycles. The third-order valence-electron chi connectivity index (χ3n) is 3.61. The summed E-state index contributed by atoms with van der Waals surface area (Å²) in [5.74, 6) is 1.30. The minimum absolute atomic E-state index is 0.523. The van der Waals surface area contributed by atoms with E-state index in [1.807, 2.05) is 46.7 Å². The largest absolute Gasteiger partial charge is 0.329 e. The quantitative estimate of drug-likeness (QED) is 0.487. The molecule has 0 aliphatic heterocycles. The molecule has 8 heteroatoms. The topological polar surface area (TPSA) is 59.2 Å². The Kier molecular flexibility index (Phi) is 3.39. The Hall–Kier alpha value is -2.25.